The number of aliphatic hydroxyl groups is 1. The molecule has 0 radical (unpaired) electrons. The normalized spacial score (nSPS) is 30.8. The van der Waals surface area contributed by atoms with Crippen molar-refractivity contribution in [2.24, 2.45) is 11.8 Å². The molecule has 5 rings (SSSR count). The van der Waals surface area contributed by atoms with Gasteiger partial charge in [0.1, 0.15) is 17.4 Å². The average molecular weight is 566 g/mol. The Kier molecular flexibility index (Phi) is 8.57. The second kappa shape index (κ2) is 12.0. The lowest BCUT2D eigenvalue weighted by Gasteiger charge is -2.37. The minimum absolute atomic E-state index is 0.00971. The first-order valence-corrected chi connectivity index (χ1v) is 15.1. The average Bonchev–Trinajstić information content (AvgIpc) is 3.22. The van der Waals surface area contributed by atoms with Gasteiger partial charge < -0.3 is 29.3 Å². The number of carbonyl (C=O) groups excluding carboxylic acids is 3. The Bertz CT molecular complexity index is 1200. The van der Waals surface area contributed by atoms with Crippen LogP contribution in [0.1, 0.15) is 52.9 Å². The highest BCUT2D eigenvalue weighted by atomic mass is 16.5. The molecule has 1 N–H and O–H groups in total. The molecule has 2 fully saturated rings. The standard InChI is InChI=1S/C32H43N3O6/c1-4-6-7-18-33-19-11-17-32-26(29(38)35(20-8-9-22-36)27(32)30(33)39)25-28(37)34(21-10-16-31(25,3)41-32)23-12-14-24(15-13-23)40-5-2/h10-17,25-27,36H,4-9,18-22H2,1-3H3/t25-,26-,27?,31+,32-/m0/s1. The number of ether oxygens (including phenoxy) is 2. The number of benzene rings is 1. The summed E-state index contributed by atoms with van der Waals surface area (Å²) in [6, 6.07) is 6.53. The number of fused-ring (bicyclic) bond motifs is 2. The largest absolute Gasteiger partial charge is 0.494 e. The van der Waals surface area contributed by atoms with E-state index in [4.69, 9.17) is 9.47 Å². The van der Waals surface area contributed by atoms with Crippen LogP contribution in [0.4, 0.5) is 5.69 Å². The van der Waals surface area contributed by atoms with Crippen LogP contribution in [0.15, 0.2) is 48.6 Å². The Morgan fingerprint density at radius 2 is 1.63 bits per heavy atom. The quantitative estimate of drug-likeness (QED) is 0.327. The van der Waals surface area contributed by atoms with E-state index in [-0.39, 0.29) is 24.3 Å². The summed E-state index contributed by atoms with van der Waals surface area (Å²) in [7, 11) is 0. The van der Waals surface area contributed by atoms with Gasteiger partial charge in [-0.2, -0.15) is 0 Å². The molecule has 4 heterocycles. The number of aliphatic hydroxyl groups excluding tert-OH is 1. The van der Waals surface area contributed by atoms with Crippen molar-refractivity contribution >= 4 is 23.4 Å². The van der Waals surface area contributed by atoms with E-state index >= 15 is 0 Å². The van der Waals surface area contributed by atoms with E-state index in [0.29, 0.717) is 51.3 Å². The van der Waals surface area contributed by atoms with E-state index in [2.05, 4.69) is 6.92 Å². The topological polar surface area (TPSA) is 99.6 Å². The molecule has 0 aromatic heterocycles. The molecule has 1 aromatic carbocycles. The van der Waals surface area contributed by atoms with Crippen LogP contribution in [0.2, 0.25) is 0 Å². The van der Waals surface area contributed by atoms with Gasteiger partial charge in [0.2, 0.25) is 17.7 Å². The molecule has 0 bridgehead atoms. The van der Waals surface area contributed by atoms with Crippen molar-refractivity contribution in [2.75, 3.05) is 44.3 Å². The van der Waals surface area contributed by atoms with Gasteiger partial charge in [0.15, 0.2) is 0 Å². The zero-order valence-electron chi connectivity index (χ0n) is 24.5. The van der Waals surface area contributed by atoms with Crippen molar-refractivity contribution < 1.29 is 29.0 Å². The van der Waals surface area contributed by atoms with Crippen molar-refractivity contribution in [2.45, 2.75) is 70.1 Å². The van der Waals surface area contributed by atoms with Crippen LogP contribution in [0, 0.1) is 11.8 Å². The summed E-state index contributed by atoms with van der Waals surface area (Å²) in [4.78, 5) is 48.1. The number of rotatable bonds is 11. The van der Waals surface area contributed by atoms with E-state index in [1.807, 2.05) is 67.3 Å². The van der Waals surface area contributed by atoms with Gasteiger partial charge in [0.25, 0.3) is 0 Å². The number of amides is 3. The van der Waals surface area contributed by atoms with Crippen LogP contribution in [0.25, 0.3) is 0 Å². The van der Waals surface area contributed by atoms with Gasteiger partial charge in [-0.15, -0.1) is 0 Å². The van der Waals surface area contributed by atoms with Gasteiger partial charge in [0, 0.05) is 38.5 Å². The third-order valence-electron chi connectivity index (χ3n) is 8.94. The summed E-state index contributed by atoms with van der Waals surface area (Å²) >= 11 is 0. The van der Waals surface area contributed by atoms with Crippen molar-refractivity contribution in [1.29, 1.82) is 0 Å². The third kappa shape index (κ3) is 5.07. The molecule has 222 valence electrons. The molecule has 0 aliphatic carbocycles. The first kappa shape index (κ1) is 29.3. The van der Waals surface area contributed by atoms with Gasteiger partial charge in [-0.25, -0.2) is 0 Å². The first-order chi connectivity index (χ1) is 19.8. The van der Waals surface area contributed by atoms with Crippen molar-refractivity contribution in [3.05, 3.63) is 48.6 Å². The van der Waals surface area contributed by atoms with Crippen LogP contribution < -0.4 is 9.64 Å². The molecule has 9 heteroatoms. The summed E-state index contributed by atoms with van der Waals surface area (Å²) in [5, 5.41) is 9.42. The Morgan fingerprint density at radius 3 is 2.34 bits per heavy atom. The van der Waals surface area contributed by atoms with Crippen LogP contribution in [0.5, 0.6) is 5.75 Å². The Morgan fingerprint density at radius 1 is 0.902 bits per heavy atom. The lowest BCUT2D eigenvalue weighted by molar-refractivity contribution is -0.151. The molecule has 1 spiro atoms. The van der Waals surface area contributed by atoms with E-state index in [0.717, 1.165) is 25.0 Å². The van der Waals surface area contributed by atoms with Crippen LogP contribution in [-0.4, -0.2) is 89.3 Å². The third-order valence-corrected chi connectivity index (χ3v) is 8.94. The molecular weight excluding hydrogens is 522 g/mol. The van der Waals surface area contributed by atoms with E-state index in [1.54, 1.807) is 9.80 Å². The summed E-state index contributed by atoms with van der Waals surface area (Å²) in [5.74, 6) is -1.49. The summed E-state index contributed by atoms with van der Waals surface area (Å²) in [6.45, 7) is 8.19. The SMILES string of the molecule is CCCCCN1CC=C[C@]23O[C@]4(C)C=CCN(c5ccc(OCC)cc5)C(=O)[C@@H]4[C@H]2C(=O)N(CCCCO)C3C1=O. The molecule has 4 aliphatic rings. The van der Waals surface area contributed by atoms with Gasteiger partial charge in [-0.1, -0.05) is 44.1 Å². The highest BCUT2D eigenvalue weighted by Gasteiger charge is 2.74. The zero-order chi connectivity index (χ0) is 29.2. The number of anilines is 1. The van der Waals surface area contributed by atoms with Crippen molar-refractivity contribution in [3.8, 4) is 5.75 Å². The molecule has 0 saturated carbocycles. The second-order valence-electron chi connectivity index (χ2n) is 11.6. The second-order valence-corrected chi connectivity index (χ2v) is 11.6. The molecular formula is C32H43N3O6. The number of likely N-dealkylation sites (tertiary alicyclic amines) is 1. The fraction of sp³-hybridized carbons (Fsp3) is 0.594. The number of unbranched alkanes of at least 4 members (excludes halogenated alkanes) is 3. The predicted molar refractivity (Wildman–Crippen MR) is 155 cm³/mol. The molecule has 3 amide bonds. The molecule has 1 aromatic rings. The first-order valence-electron chi connectivity index (χ1n) is 15.1. The summed E-state index contributed by atoms with van der Waals surface area (Å²) in [5.41, 5.74) is -1.60. The minimum Gasteiger partial charge on any atom is -0.494 e. The molecule has 2 saturated heterocycles. The van der Waals surface area contributed by atoms with Gasteiger partial charge >= 0.3 is 0 Å². The monoisotopic (exact) mass is 565 g/mol. The van der Waals surface area contributed by atoms with Gasteiger partial charge in [-0.3, -0.25) is 14.4 Å². The maximum absolute atomic E-state index is 14.4. The van der Waals surface area contributed by atoms with Crippen LogP contribution in [0.3, 0.4) is 0 Å². The van der Waals surface area contributed by atoms with E-state index in [9.17, 15) is 19.5 Å². The molecule has 4 aliphatic heterocycles. The summed E-state index contributed by atoms with van der Waals surface area (Å²) in [6.07, 6.45) is 11.7. The van der Waals surface area contributed by atoms with Crippen LogP contribution >= 0.6 is 0 Å². The molecule has 5 atom stereocenters. The van der Waals surface area contributed by atoms with Crippen LogP contribution in [-0.2, 0) is 19.1 Å². The molecule has 41 heavy (non-hydrogen) atoms. The maximum Gasteiger partial charge on any atom is 0.249 e. The zero-order valence-corrected chi connectivity index (χ0v) is 24.5. The number of hydrogen-bond donors (Lipinski definition) is 1. The van der Waals surface area contributed by atoms with E-state index < -0.39 is 29.1 Å². The lowest BCUT2D eigenvalue weighted by atomic mass is 9.74. The summed E-state index contributed by atoms with van der Waals surface area (Å²) < 4.78 is 12.5. The smallest absolute Gasteiger partial charge is 0.249 e. The Balaban J connectivity index is 1.53. The fourth-order valence-corrected chi connectivity index (χ4v) is 7.08. The Labute approximate surface area is 242 Å². The van der Waals surface area contributed by atoms with Gasteiger partial charge in [-0.05, 0) is 57.4 Å². The maximum atomic E-state index is 14.4. The highest BCUT2D eigenvalue weighted by molar-refractivity contribution is 6.04. The van der Waals surface area contributed by atoms with Gasteiger partial charge in [0.05, 0.1) is 24.0 Å². The molecule has 9 nitrogen and oxygen atoms in total. The lowest BCUT2D eigenvalue weighted by Crippen LogP contribution is -2.56. The molecule has 1 unspecified atom stereocenters. The van der Waals surface area contributed by atoms with E-state index in [1.165, 1.54) is 0 Å². The minimum atomic E-state index is -1.26. The number of carbonyl (C=O) groups is 3. The number of nitrogens with zero attached hydrogens (tertiary/aromatic N) is 3. The predicted octanol–water partition coefficient (Wildman–Crippen LogP) is 3.32. The van der Waals surface area contributed by atoms with Crippen molar-refractivity contribution in [1.82, 2.24) is 9.80 Å². The highest BCUT2D eigenvalue weighted by Crippen LogP contribution is 2.57. The fourth-order valence-electron chi connectivity index (χ4n) is 7.08. The number of hydrogen-bond acceptors (Lipinski definition) is 6. The Hall–Kier alpha value is -3.17. The van der Waals surface area contributed by atoms with Crippen molar-refractivity contribution in [3.63, 3.8) is 0 Å².